The van der Waals surface area contributed by atoms with Crippen LogP contribution < -0.4 is 0 Å². The minimum absolute atomic E-state index is 0.138. The smallest absolute Gasteiger partial charge is 0.410 e. The van der Waals surface area contributed by atoms with Crippen molar-refractivity contribution < 1.29 is 19.0 Å². The quantitative estimate of drug-likeness (QED) is 0.911. The number of rotatable bonds is 2. The number of aromatic nitrogens is 1. The lowest BCUT2D eigenvalue weighted by Gasteiger charge is -2.25. The summed E-state index contributed by atoms with van der Waals surface area (Å²) in [5.74, 6) is -0.616. The van der Waals surface area contributed by atoms with Crippen LogP contribution in [0.3, 0.4) is 0 Å². The third kappa shape index (κ3) is 4.14. The number of hydrogen-bond acceptors (Lipinski definition) is 4. The van der Waals surface area contributed by atoms with Gasteiger partial charge in [-0.05, 0) is 33.3 Å². The lowest BCUT2D eigenvalue weighted by molar-refractivity contribution is 0.0268. The standard InChI is InChI=1S/C15H21FN2O3/c1-15(2,3)21-14(20)18-5-4-10(9-18)13(19)11-6-12(16)8-17-7-11/h6-8,10,13,19H,4-5,9H2,1-3H3/t10-,13-/m0/s1. The van der Waals surface area contributed by atoms with Crippen LogP contribution in [0.5, 0.6) is 0 Å². The molecular formula is C15H21FN2O3. The largest absolute Gasteiger partial charge is 0.444 e. The second kappa shape index (κ2) is 5.97. The molecule has 1 aliphatic rings. The number of hydrogen-bond donors (Lipinski definition) is 1. The van der Waals surface area contributed by atoms with Gasteiger partial charge in [-0.15, -0.1) is 0 Å². The van der Waals surface area contributed by atoms with Crippen molar-refractivity contribution in [1.29, 1.82) is 0 Å². The first-order chi connectivity index (χ1) is 9.76. The first-order valence-corrected chi connectivity index (χ1v) is 7.03. The van der Waals surface area contributed by atoms with Gasteiger partial charge in [-0.3, -0.25) is 4.98 Å². The van der Waals surface area contributed by atoms with Crippen LogP contribution in [0, 0.1) is 11.7 Å². The maximum Gasteiger partial charge on any atom is 0.410 e. The summed E-state index contributed by atoms with van der Waals surface area (Å²) >= 11 is 0. The summed E-state index contributed by atoms with van der Waals surface area (Å²) in [6, 6.07) is 1.27. The normalized spacial score (nSPS) is 20.4. The van der Waals surface area contributed by atoms with Gasteiger partial charge in [-0.25, -0.2) is 9.18 Å². The Hall–Kier alpha value is -1.69. The molecule has 1 saturated heterocycles. The Morgan fingerprint density at radius 3 is 2.86 bits per heavy atom. The van der Waals surface area contributed by atoms with Gasteiger partial charge in [0.15, 0.2) is 0 Å². The van der Waals surface area contributed by atoms with E-state index in [4.69, 9.17) is 4.74 Å². The Morgan fingerprint density at radius 1 is 1.52 bits per heavy atom. The van der Waals surface area contributed by atoms with Gasteiger partial charge in [0, 0.05) is 30.8 Å². The highest BCUT2D eigenvalue weighted by molar-refractivity contribution is 5.68. The van der Waals surface area contributed by atoms with E-state index in [-0.39, 0.29) is 12.0 Å². The summed E-state index contributed by atoms with van der Waals surface area (Å²) < 4.78 is 18.5. The summed E-state index contributed by atoms with van der Waals surface area (Å²) in [6.45, 7) is 6.36. The number of pyridine rings is 1. The molecule has 1 N–H and O–H groups in total. The van der Waals surface area contributed by atoms with E-state index in [0.717, 1.165) is 6.20 Å². The summed E-state index contributed by atoms with van der Waals surface area (Å²) in [5, 5.41) is 10.3. The van der Waals surface area contributed by atoms with Crippen molar-refractivity contribution in [2.45, 2.75) is 38.9 Å². The molecule has 0 spiro atoms. The van der Waals surface area contributed by atoms with Crippen LogP contribution in [0.25, 0.3) is 0 Å². The Balaban J connectivity index is 1.97. The fourth-order valence-corrected chi connectivity index (χ4v) is 2.40. The van der Waals surface area contributed by atoms with Gasteiger partial charge in [0.05, 0.1) is 12.3 Å². The first kappa shape index (κ1) is 15.7. The number of aliphatic hydroxyl groups excluding tert-OH is 1. The number of ether oxygens (including phenoxy) is 1. The monoisotopic (exact) mass is 296 g/mol. The highest BCUT2D eigenvalue weighted by Crippen LogP contribution is 2.30. The van der Waals surface area contributed by atoms with Gasteiger partial charge < -0.3 is 14.7 Å². The fourth-order valence-electron chi connectivity index (χ4n) is 2.40. The lowest BCUT2D eigenvalue weighted by Crippen LogP contribution is -2.35. The van der Waals surface area contributed by atoms with Crippen molar-refractivity contribution >= 4 is 6.09 Å². The second-order valence-corrected chi connectivity index (χ2v) is 6.36. The average molecular weight is 296 g/mol. The fraction of sp³-hybridized carbons (Fsp3) is 0.600. The predicted octanol–water partition coefficient (Wildman–Crippen LogP) is 2.51. The molecule has 1 aromatic heterocycles. The molecule has 2 rings (SSSR count). The van der Waals surface area contributed by atoms with Crippen molar-refractivity contribution in [2.75, 3.05) is 13.1 Å². The molecule has 2 atom stereocenters. The molecule has 1 aromatic rings. The van der Waals surface area contributed by atoms with Crippen molar-refractivity contribution in [2.24, 2.45) is 5.92 Å². The van der Waals surface area contributed by atoms with Crippen LogP contribution in [0.4, 0.5) is 9.18 Å². The summed E-state index contributed by atoms with van der Waals surface area (Å²) in [6.07, 6.45) is 1.98. The molecule has 0 radical (unpaired) electrons. The molecule has 5 nitrogen and oxygen atoms in total. The van der Waals surface area contributed by atoms with Gasteiger partial charge >= 0.3 is 6.09 Å². The maximum atomic E-state index is 13.1. The summed E-state index contributed by atoms with van der Waals surface area (Å²) in [4.78, 5) is 17.3. The first-order valence-electron chi connectivity index (χ1n) is 7.03. The zero-order chi connectivity index (χ0) is 15.6. The van der Waals surface area contributed by atoms with Crippen molar-refractivity contribution in [3.8, 4) is 0 Å². The van der Waals surface area contributed by atoms with Crippen LogP contribution in [-0.4, -0.2) is 39.8 Å². The lowest BCUT2D eigenvalue weighted by atomic mass is 9.96. The minimum atomic E-state index is -0.833. The van der Waals surface area contributed by atoms with Crippen LogP contribution in [0.2, 0.25) is 0 Å². The molecule has 1 aliphatic heterocycles. The Labute approximate surface area is 123 Å². The van der Waals surface area contributed by atoms with Crippen LogP contribution in [0.1, 0.15) is 38.9 Å². The highest BCUT2D eigenvalue weighted by atomic mass is 19.1. The molecule has 1 fully saturated rings. The molecule has 0 bridgehead atoms. The number of amides is 1. The van der Waals surface area contributed by atoms with E-state index in [0.29, 0.717) is 25.1 Å². The predicted molar refractivity (Wildman–Crippen MR) is 75.1 cm³/mol. The number of carbonyl (C=O) groups is 1. The van der Waals surface area contributed by atoms with Gasteiger partial charge in [0.1, 0.15) is 11.4 Å². The van der Waals surface area contributed by atoms with E-state index < -0.39 is 17.5 Å². The van der Waals surface area contributed by atoms with E-state index in [1.807, 2.05) is 20.8 Å². The van der Waals surface area contributed by atoms with Gasteiger partial charge in [-0.2, -0.15) is 0 Å². The molecule has 6 heteroatoms. The molecular weight excluding hydrogens is 275 g/mol. The Morgan fingerprint density at radius 2 is 2.24 bits per heavy atom. The second-order valence-electron chi connectivity index (χ2n) is 6.36. The van der Waals surface area contributed by atoms with E-state index in [1.165, 1.54) is 12.3 Å². The zero-order valence-electron chi connectivity index (χ0n) is 12.5. The number of halogens is 1. The number of likely N-dealkylation sites (tertiary alicyclic amines) is 1. The molecule has 0 unspecified atom stereocenters. The molecule has 2 heterocycles. The van der Waals surface area contributed by atoms with Gasteiger partial charge in [-0.1, -0.05) is 0 Å². The van der Waals surface area contributed by atoms with E-state index in [2.05, 4.69) is 4.98 Å². The molecule has 0 aromatic carbocycles. The number of aliphatic hydroxyl groups is 1. The van der Waals surface area contributed by atoms with Crippen molar-refractivity contribution in [1.82, 2.24) is 9.88 Å². The van der Waals surface area contributed by atoms with E-state index in [1.54, 1.807) is 4.90 Å². The van der Waals surface area contributed by atoms with Crippen molar-refractivity contribution in [3.63, 3.8) is 0 Å². The van der Waals surface area contributed by atoms with E-state index >= 15 is 0 Å². The van der Waals surface area contributed by atoms with Gasteiger partial charge in [0.2, 0.25) is 0 Å². The SMILES string of the molecule is CC(C)(C)OC(=O)N1CC[C@H]([C@H](O)c2cncc(F)c2)C1. The highest BCUT2D eigenvalue weighted by Gasteiger charge is 2.34. The van der Waals surface area contributed by atoms with Crippen LogP contribution >= 0.6 is 0 Å². The van der Waals surface area contributed by atoms with Crippen molar-refractivity contribution in [3.05, 3.63) is 29.8 Å². The minimum Gasteiger partial charge on any atom is -0.444 e. The third-order valence-corrected chi connectivity index (χ3v) is 3.39. The Bertz CT molecular complexity index is 516. The van der Waals surface area contributed by atoms with Crippen LogP contribution in [-0.2, 0) is 4.74 Å². The average Bonchev–Trinajstić information content (AvgIpc) is 2.85. The van der Waals surface area contributed by atoms with Gasteiger partial charge in [0.25, 0.3) is 0 Å². The Kier molecular flexibility index (Phi) is 4.46. The summed E-state index contributed by atoms with van der Waals surface area (Å²) in [7, 11) is 0. The summed E-state index contributed by atoms with van der Waals surface area (Å²) in [5.41, 5.74) is -0.105. The molecule has 0 aliphatic carbocycles. The topological polar surface area (TPSA) is 62.7 Å². The molecule has 0 saturated carbocycles. The maximum absolute atomic E-state index is 13.1. The number of nitrogens with zero attached hydrogens (tertiary/aromatic N) is 2. The number of carbonyl (C=O) groups excluding carboxylic acids is 1. The van der Waals surface area contributed by atoms with E-state index in [9.17, 15) is 14.3 Å². The molecule has 116 valence electrons. The molecule has 1 amide bonds. The zero-order valence-corrected chi connectivity index (χ0v) is 12.5. The molecule has 21 heavy (non-hydrogen) atoms. The van der Waals surface area contributed by atoms with Crippen LogP contribution in [0.15, 0.2) is 18.5 Å². The third-order valence-electron chi connectivity index (χ3n) is 3.39.